The highest BCUT2D eigenvalue weighted by molar-refractivity contribution is 5.88. The molecular formula is C13H15ClN2O2. The van der Waals surface area contributed by atoms with Gasteiger partial charge in [-0.25, -0.2) is 4.79 Å². The monoisotopic (exact) mass is 266 g/mol. The first kappa shape index (κ1) is 12.9. The zero-order chi connectivity index (χ0) is 11.8. The summed E-state index contributed by atoms with van der Waals surface area (Å²) in [6, 6.07) is 7.76. The zero-order valence-corrected chi connectivity index (χ0v) is 10.8. The van der Waals surface area contributed by atoms with Gasteiger partial charge in [0.05, 0.1) is 7.11 Å². The Morgan fingerprint density at radius 3 is 2.94 bits per heavy atom. The maximum atomic E-state index is 11.7. The van der Waals surface area contributed by atoms with Crippen molar-refractivity contribution in [3.05, 3.63) is 35.5 Å². The molecule has 0 radical (unpaired) electrons. The van der Waals surface area contributed by atoms with Crippen LogP contribution in [0.25, 0.3) is 10.9 Å². The van der Waals surface area contributed by atoms with Crippen molar-refractivity contribution in [3.63, 3.8) is 0 Å². The van der Waals surface area contributed by atoms with E-state index in [-0.39, 0.29) is 24.4 Å². The van der Waals surface area contributed by atoms with Crippen LogP contribution >= 0.6 is 12.4 Å². The Balaban J connectivity index is 0.00000120. The van der Waals surface area contributed by atoms with E-state index < -0.39 is 0 Å². The van der Waals surface area contributed by atoms with E-state index in [0.717, 1.165) is 24.2 Å². The van der Waals surface area contributed by atoms with E-state index in [9.17, 15) is 4.79 Å². The van der Waals surface area contributed by atoms with Crippen molar-refractivity contribution in [1.29, 1.82) is 0 Å². The van der Waals surface area contributed by atoms with Crippen LogP contribution in [0.1, 0.15) is 17.3 Å². The molecule has 0 saturated carbocycles. The van der Waals surface area contributed by atoms with Crippen LogP contribution in [0.2, 0.25) is 0 Å². The highest BCUT2D eigenvalue weighted by atomic mass is 35.5. The third kappa shape index (κ3) is 1.87. The molecule has 0 spiro atoms. The van der Waals surface area contributed by atoms with Crippen LogP contribution in [0.15, 0.2) is 24.3 Å². The van der Waals surface area contributed by atoms with Crippen molar-refractivity contribution in [2.24, 2.45) is 0 Å². The summed E-state index contributed by atoms with van der Waals surface area (Å²) in [5, 5.41) is 4.39. The van der Waals surface area contributed by atoms with Crippen LogP contribution in [0.5, 0.6) is 0 Å². The molecule has 1 aromatic heterocycles. The Morgan fingerprint density at radius 2 is 2.17 bits per heavy atom. The fourth-order valence-electron chi connectivity index (χ4n) is 2.50. The van der Waals surface area contributed by atoms with Crippen molar-refractivity contribution in [2.45, 2.75) is 12.5 Å². The standard InChI is InChI=1S/C13H14N2O2.ClH/c1-17-13(16)12-11-9(6-7-14-12)8-4-2-3-5-10(8)15-11;/h2-5,12,14-15H,6-7H2,1H3;1H/t12-;/m0./s1. The number of H-pyrrole nitrogens is 1. The van der Waals surface area contributed by atoms with Crippen LogP contribution in [-0.2, 0) is 16.0 Å². The first-order chi connectivity index (χ1) is 8.31. The molecule has 1 atom stereocenters. The summed E-state index contributed by atoms with van der Waals surface area (Å²) in [5.41, 5.74) is 3.26. The minimum atomic E-state index is -0.365. The molecule has 2 aromatic rings. The molecule has 0 amide bonds. The third-order valence-corrected chi connectivity index (χ3v) is 3.30. The number of carbonyl (C=O) groups excluding carboxylic acids is 1. The van der Waals surface area contributed by atoms with Gasteiger partial charge in [0.15, 0.2) is 0 Å². The molecule has 5 heteroatoms. The third-order valence-electron chi connectivity index (χ3n) is 3.30. The van der Waals surface area contributed by atoms with Gasteiger partial charge in [-0.15, -0.1) is 12.4 Å². The second kappa shape index (κ2) is 5.00. The minimum absolute atomic E-state index is 0. The molecule has 0 saturated heterocycles. The molecule has 3 rings (SSSR count). The quantitative estimate of drug-likeness (QED) is 0.776. The van der Waals surface area contributed by atoms with Gasteiger partial charge in [-0.05, 0) is 18.1 Å². The fraction of sp³-hybridized carbons (Fsp3) is 0.308. The Morgan fingerprint density at radius 1 is 1.39 bits per heavy atom. The maximum absolute atomic E-state index is 11.7. The summed E-state index contributed by atoms with van der Waals surface area (Å²) in [6.45, 7) is 0.800. The summed E-state index contributed by atoms with van der Waals surface area (Å²) in [7, 11) is 1.42. The van der Waals surface area contributed by atoms with Gasteiger partial charge in [-0.1, -0.05) is 18.2 Å². The number of rotatable bonds is 1. The van der Waals surface area contributed by atoms with Gasteiger partial charge in [-0.3, -0.25) is 5.32 Å². The SMILES string of the molecule is COC(=O)[C@H]1NCCc2c1[nH]c1ccccc21.Cl. The lowest BCUT2D eigenvalue weighted by atomic mass is 9.99. The Labute approximate surface area is 111 Å². The van der Waals surface area contributed by atoms with Crippen LogP contribution in [0.3, 0.4) is 0 Å². The number of ether oxygens (including phenoxy) is 1. The molecule has 2 heterocycles. The molecule has 0 unspecified atom stereocenters. The lowest BCUT2D eigenvalue weighted by Gasteiger charge is -2.21. The van der Waals surface area contributed by atoms with Gasteiger partial charge in [0.1, 0.15) is 6.04 Å². The van der Waals surface area contributed by atoms with Gasteiger partial charge >= 0.3 is 5.97 Å². The summed E-state index contributed by atoms with van der Waals surface area (Å²) < 4.78 is 4.82. The van der Waals surface area contributed by atoms with E-state index in [0.29, 0.717) is 0 Å². The molecule has 18 heavy (non-hydrogen) atoms. The van der Waals surface area contributed by atoms with E-state index in [1.54, 1.807) is 0 Å². The molecule has 1 aliphatic heterocycles. The molecule has 1 aromatic carbocycles. The van der Waals surface area contributed by atoms with Gasteiger partial charge in [0.2, 0.25) is 0 Å². The largest absolute Gasteiger partial charge is 0.468 e. The lowest BCUT2D eigenvalue weighted by molar-refractivity contribution is -0.143. The molecule has 4 nitrogen and oxygen atoms in total. The van der Waals surface area contributed by atoms with Crippen LogP contribution < -0.4 is 5.32 Å². The average molecular weight is 267 g/mol. The topological polar surface area (TPSA) is 54.1 Å². The van der Waals surface area contributed by atoms with E-state index in [1.807, 2.05) is 18.2 Å². The molecule has 0 bridgehead atoms. The van der Waals surface area contributed by atoms with Crippen molar-refractivity contribution in [1.82, 2.24) is 10.3 Å². The number of benzene rings is 1. The first-order valence-corrected chi connectivity index (χ1v) is 5.72. The first-order valence-electron chi connectivity index (χ1n) is 5.72. The summed E-state index contributed by atoms with van der Waals surface area (Å²) in [6.07, 6.45) is 0.937. The lowest BCUT2D eigenvalue weighted by Crippen LogP contribution is -2.35. The molecule has 2 N–H and O–H groups in total. The van der Waals surface area contributed by atoms with E-state index >= 15 is 0 Å². The number of carbonyl (C=O) groups is 1. The normalized spacial score (nSPS) is 17.9. The summed E-state index contributed by atoms with van der Waals surface area (Å²) >= 11 is 0. The molecule has 0 aliphatic carbocycles. The van der Waals surface area contributed by atoms with Crippen molar-refractivity contribution in [2.75, 3.05) is 13.7 Å². The number of methoxy groups -OCH3 is 1. The molecule has 0 fully saturated rings. The second-order valence-electron chi connectivity index (χ2n) is 4.22. The van der Waals surface area contributed by atoms with E-state index in [1.165, 1.54) is 18.1 Å². The Hall–Kier alpha value is -1.52. The Bertz CT molecular complexity index is 579. The Kier molecular flexibility index (Phi) is 3.59. The minimum Gasteiger partial charge on any atom is -0.468 e. The number of aromatic amines is 1. The van der Waals surface area contributed by atoms with Crippen LogP contribution in [0.4, 0.5) is 0 Å². The number of esters is 1. The van der Waals surface area contributed by atoms with Gasteiger partial charge < -0.3 is 9.72 Å². The smallest absolute Gasteiger partial charge is 0.329 e. The average Bonchev–Trinajstić information content (AvgIpc) is 2.76. The van der Waals surface area contributed by atoms with Gasteiger partial charge in [0, 0.05) is 23.1 Å². The number of fused-ring (bicyclic) bond motifs is 3. The van der Waals surface area contributed by atoms with Crippen LogP contribution in [-0.4, -0.2) is 24.6 Å². The van der Waals surface area contributed by atoms with Crippen LogP contribution in [0, 0.1) is 0 Å². The number of hydrogen-bond acceptors (Lipinski definition) is 3. The number of nitrogens with one attached hydrogen (secondary N) is 2. The van der Waals surface area contributed by atoms with Crippen molar-refractivity contribution in [3.8, 4) is 0 Å². The van der Waals surface area contributed by atoms with E-state index in [2.05, 4.69) is 16.4 Å². The fourth-order valence-corrected chi connectivity index (χ4v) is 2.50. The predicted molar refractivity (Wildman–Crippen MR) is 72.0 cm³/mol. The zero-order valence-electron chi connectivity index (χ0n) is 10.0. The van der Waals surface area contributed by atoms with E-state index in [4.69, 9.17) is 4.74 Å². The number of hydrogen-bond donors (Lipinski definition) is 2. The van der Waals surface area contributed by atoms with Crippen molar-refractivity contribution >= 4 is 29.3 Å². The number of aromatic nitrogens is 1. The summed E-state index contributed by atoms with van der Waals surface area (Å²) in [5.74, 6) is -0.238. The highest BCUT2D eigenvalue weighted by Crippen LogP contribution is 2.30. The summed E-state index contributed by atoms with van der Waals surface area (Å²) in [4.78, 5) is 15.0. The maximum Gasteiger partial charge on any atom is 0.329 e. The highest BCUT2D eigenvalue weighted by Gasteiger charge is 2.29. The number of para-hydroxylation sites is 1. The molecule has 1 aliphatic rings. The second-order valence-corrected chi connectivity index (χ2v) is 4.22. The molecular weight excluding hydrogens is 252 g/mol. The van der Waals surface area contributed by atoms with Gasteiger partial charge in [0.25, 0.3) is 0 Å². The van der Waals surface area contributed by atoms with Crippen molar-refractivity contribution < 1.29 is 9.53 Å². The predicted octanol–water partition coefficient (Wildman–Crippen LogP) is 1.95. The number of halogens is 1. The van der Waals surface area contributed by atoms with Gasteiger partial charge in [-0.2, -0.15) is 0 Å². The molecule has 96 valence electrons.